The van der Waals surface area contributed by atoms with Gasteiger partial charge in [-0.25, -0.2) is 0 Å². The molecule has 0 aromatic heterocycles. The summed E-state index contributed by atoms with van der Waals surface area (Å²) in [6.45, 7) is 6.05. The van der Waals surface area contributed by atoms with Gasteiger partial charge < -0.3 is 14.2 Å². The number of methoxy groups -OCH3 is 1. The summed E-state index contributed by atoms with van der Waals surface area (Å²) in [5.74, 6) is 0. The topological polar surface area (TPSA) is 30.9 Å². The van der Waals surface area contributed by atoms with E-state index in [2.05, 4.69) is 4.90 Å². The van der Waals surface area contributed by atoms with Crippen LogP contribution >= 0.6 is 0 Å². The maximum atomic E-state index is 6.00. The average molecular weight is 311 g/mol. The van der Waals surface area contributed by atoms with E-state index in [1.165, 1.54) is 57.9 Å². The molecule has 2 atom stereocenters. The minimum atomic E-state index is 0.291. The molecule has 22 heavy (non-hydrogen) atoms. The predicted octanol–water partition coefficient (Wildman–Crippen LogP) is 2.85. The summed E-state index contributed by atoms with van der Waals surface area (Å²) in [4.78, 5) is 2.65. The third kappa shape index (κ3) is 4.22. The number of nitrogens with zero attached hydrogens (tertiary/aromatic N) is 1. The van der Waals surface area contributed by atoms with Gasteiger partial charge in [0.25, 0.3) is 0 Å². The summed E-state index contributed by atoms with van der Waals surface area (Å²) in [5, 5.41) is 0. The van der Waals surface area contributed by atoms with Crippen LogP contribution in [0.2, 0.25) is 0 Å². The van der Waals surface area contributed by atoms with Gasteiger partial charge in [-0.15, -0.1) is 0 Å². The van der Waals surface area contributed by atoms with Gasteiger partial charge >= 0.3 is 0 Å². The molecule has 1 saturated carbocycles. The lowest BCUT2D eigenvalue weighted by atomic mass is 9.71. The van der Waals surface area contributed by atoms with E-state index in [0.29, 0.717) is 17.6 Å². The smallest absolute Gasteiger partial charge is 0.0963 e. The van der Waals surface area contributed by atoms with Crippen LogP contribution in [0.3, 0.4) is 0 Å². The molecule has 2 aliphatic heterocycles. The summed E-state index contributed by atoms with van der Waals surface area (Å²) in [5.41, 5.74) is 0.479. The SMILES string of the molecule is COCCC1(CN2CCO[C@@H]([C@@H]3CCCO3)C2)CCCCC1. The standard InChI is InChI=1S/C18H33NO3/c1-20-12-9-18(7-3-2-4-8-18)15-19-10-13-22-17(14-19)16-6-5-11-21-16/h16-17H,2-15H2,1H3/t16-,17+/m0/s1. The van der Waals surface area contributed by atoms with Gasteiger partial charge in [-0.2, -0.15) is 0 Å². The Kier molecular flexibility index (Phi) is 6.14. The van der Waals surface area contributed by atoms with Crippen molar-refractivity contribution >= 4 is 0 Å². The van der Waals surface area contributed by atoms with Crippen LogP contribution in [0.15, 0.2) is 0 Å². The van der Waals surface area contributed by atoms with Crippen LogP contribution in [0.1, 0.15) is 51.4 Å². The monoisotopic (exact) mass is 311 g/mol. The number of rotatable bonds is 6. The molecule has 0 amide bonds. The van der Waals surface area contributed by atoms with E-state index in [4.69, 9.17) is 14.2 Å². The molecule has 2 saturated heterocycles. The maximum Gasteiger partial charge on any atom is 0.0963 e. The lowest BCUT2D eigenvalue weighted by molar-refractivity contribution is -0.103. The summed E-state index contributed by atoms with van der Waals surface area (Å²) in [6, 6.07) is 0. The first-order valence-electron chi connectivity index (χ1n) is 9.26. The first-order valence-corrected chi connectivity index (χ1v) is 9.26. The normalized spacial score (nSPS) is 33.1. The first-order chi connectivity index (χ1) is 10.8. The molecule has 0 N–H and O–H groups in total. The molecule has 3 rings (SSSR count). The Balaban J connectivity index is 1.56. The van der Waals surface area contributed by atoms with Gasteiger partial charge in [0.05, 0.1) is 18.8 Å². The molecule has 0 unspecified atom stereocenters. The fourth-order valence-electron chi connectivity index (χ4n) is 4.58. The van der Waals surface area contributed by atoms with E-state index in [1.807, 2.05) is 7.11 Å². The second-order valence-corrected chi connectivity index (χ2v) is 7.50. The summed E-state index contributed by atoms with van der Waals surface area (Å²) in [7, 11) is 1.83. The van der Waals surface area contributed by atoms with Crippen LogP contribution in [0.25, 0.3) is 0 Å². The largest absolute Gasteiger partial charge is 0.385 e. The maximum absolute atomic E-state index is 6.00. The number of ether oxygens (including phenoxy) is 3. The highest BCUT2D eigenvalue weighted by Gasteiger charge is 2.37. The molecule has 128 valence electrons. The van der Waals surface area contributed by atoms with Crippen LogP contribution in [0, 0.1) is 5.41 Å². The molecule has 0 radical (unpaired) electrons. The Morgan fingerprint density at radius 3 is 2.59 bits per heavy atom. The molecule has 3 fully saturated rings. The van der Waals surface area contributed by atoms with Crippen LogP contribution in [-0.2, 0) is 14.2 Å². The third-order valence-corrected chi connectivity index (χ3v) is 5.87. The van der Waals surface area contributed by atoms with Crippen LogP contribution in [-0.4, -0.2) is 63.7 Å². The zero-order valence-corrected chi connectivity index (χ0v) is 14.2. The molecule has 0 aromatic rings. The van der Waals surface area contributed by atoms with Crippen molar-refractivity contribution < 1.29 is 14.2 Å². The van der Waals surface area contributed by atoms with Gasteiger partial charge in [-0.05, 0) is 37.5 Å². The minimum absolute atomic E-state index is 0.291. The van der Waals surface area contributed by atoms with Crippen molar-refractivity contribution in [2.75, 3.05) is 46.6 Å². The average Bonchev–Trinajstić information content (AvgIpc) is 3.09. The highest BCUT2D eigenvalue weighted by molar-refractivity contribution is 4.89. The number of hydrogen-bond donors (Lipinski definition) is 0. The molecule has 0 spiro atoms. The van der Waals surface area contributed by atoms with E-state index in [1.54, 1.807) is 0 Å². The van der Waals surface area contributed by atoms with Crippen molar-refractivity contribution in [2.45, 2.75) is 63.6 Å². The molecule has 3 aliphatic rings. The Bertz CT molecular complexity index is 324. The van der Waals surface area contributed by atoms with E-state index in [9.17, 15) is 0 Å². The van der Waals surface area contributed by atoms with Crippen molar-refractivity contribution in [3.8, 4) is 0 Å². The Labute approximate surface area is 135 Å². The summed E-state index contributed by atoms with van der Waals surface area (Å²) >= 11 is 0. The quantitative estimate of drug-likeness (QED) is 0.755. The van der Waals surface area contributed by atoms with Crippen molar-refractivity contribution in [2.24, 2.45) is 5.41 Å². The van der Waals surface area contributed by atoms with E-state index < -0.39 is 0 Å². The van der Waals surface area contributed by atoms with Crippen molar-refractivity contribution in [3.05, 3.63) is 0 Å². The zero-order chi connectivity index (χ0) is 15.3. The van der Waals surface area contributed by atoms with Gasteiger partial charge in [-0.3, -0.25) is 4.90 Å². The van der Waals surface area contributed by atoms with Crippen LogP contribution in [0.4, 0.5) is 0 Å². The number of morpholine rings is 1. The van der Waals surface area contributed by atoms with Gasteiger partial charge in [-0.1, -0.05) is 19.3 Å². The highest BCUT2D eigenvalue weighted by Crippen LogP contribution is 2.40. The lowest BCUT2D eigenvalue weighted by Crippen LogP contribution is -2.51. The second-order valence-electron chi connectivity index (χ2n) is 7.50. The molecule has 1 aliphatic carbocycles. The molecule has 2 heterocycles. The predicted molar refractivity (Wildman–Crippen MR) is 87.2 cm³/mol. The first kappa shape index (κ1) is 16.7. The zero-order valence-electron chi connectivity index (χ0n) is 14.2. The van der Waals surface area contributed by atoms with Gasteiger partial charge in [0.15, 0.2) is 0 Å². The second kappa shape index (κ2) is 8.09. The molecular weight excluding hydrogens is 278 g/mol. The lowest BCUT2D eigenvalue weighted by Gasteiger charge is -2.44. The van der Waals surface area contributed by atoms with Gasteiger partial charge in [0, 0.05) is 40.0 Å². The highest BCUT2D eigenvalue weighted by atomic mass is 16.5. The molecule has 4 heteroatoms. The van der Waals surface area contributed by atoms with Crippen molar-refractivity contribution in [1.82, 2.24) is 4.90 Å². The van der Waals surface area contributed by atoms with Crippen LogP contribution < -0.4 is 0 Å². The van der Waals surface area contributed by atoms with E-state index in [0.717, 1.165) is 32.9 Å². The fraction of sp³-hybridized carbons (Fsp3) is 1.00. The molecule has 4 nitrogen and oxygen atoms in total. The van der Waals surface area contributed by atoms with Crippen LogP contribution in [0.5, 0.6) is 0 Å². The van der Waals surface area contributed by atoms with E-state index in [-0.39, 0.29) is 0 Å². The fourth-order valence-corrected chi connectivity index (χ4v) is 4.58. The Morgan fingerprint density at radius 2 is 1.86 bits per heavy atom. The summed E-state index contributed by atoms with van der Waals surface area (Å²) < 4.78 is 17.3. The van der Waals surface area contributed by atoms with Gasteiger partial charge in [0.2, 0.25) is 0 Å². The van der Waals surface area contributed by atoms with Crippen molar-refractivity contribution in [3.63, 3.8) is 0 Å². The Hall–Kier alpha value is -0.160. The van der Waals surface area contributed by atoms with Gasteiger partial charge in [0.1, 0.15) is 0 Å². The molecular formula is C18H33NO3. The number of hydrogen-bond acceptors (Lipinski definition) is 4. The Morgan fingerprint density at radius 1 is 1.05 bits per heavy atom. The summed E-state index contributed by atoms with van der Waals surface area (Å²) in [6.07, 6.45) is 11.2. The molecule has 0 bridgehead atoms. The molecule has 0 aromatic carbocycles. The van der Waals surface area contributed by atoms with Crippen molar-refractivity contribution in [1.29, 1.82) is 0 Å². The minimum Gasteiger partial charge on any atom is -0.385 e. The third-order valence-electron chi connectivity index (χ3n) is 5.87. The van der Waals surface area contributed by atoms with E-state index >= 15 is 0 Å².